The number of anilines is 1. The Kier molecular flexibility index (Phi) is 4.88. The molecular weight excluding hydrogens is 350 g/mol. The van der Waals surface area contributed by atoms with Crippen molar-refractivity contribution in [2.45, 2.75) is 31.4 Å². The number of hydrogen-bond acceptors (Lipinski definition) is 8. The van der Waals surface area contributed by atoms with Gasteiger partial charge in [-0.3, -0.25) is 4.57 Å². The van der Waals surface area contributed by atoms with E-state index in [0.29, 0.717) is 29.9 Å². The number of aromatic nitrogens is 4. The van der Waals surface area contributed by atoms with E-state index >= 15 is 0 Å². The van der Waals surface area contributed by atoms with Crippen LogP contribution in [0.25, 0.3) is 11.2 Å². The van der Waals surface area contributed by atoms with Gasteiger partial charge in [-0.2, -0.15) is 0 Å². The van der Waals surface area contributed by atoms with Gasteiger partial charge in [0.25, 0.3) is 0 Å². The van der Waals surface area contributed by atoms with Crippen LogP contribution in [0.1, 0.15) is 18.2 Å². The summed E-state index contributed by atoms with van der Waals surface area (Å²) in [6.07, 6.45) is 1.63. The third-order valence-electron chi connectivity index (χ3n) is 4.60. The van der Waals surface area contributed by atoms with Crippen molar-refractivity contribution in [2.75, 3.05) is 19.0 Å². The minimum absolute atomic E-state index is 0.136. The van der Waals surface area contributed by atoms with Crippen molar-refractivity contribution in [1.29, 1.82) is 0 Å². The fraction of sp³-hybridized carbons (Fsp3) is 0.389. The highest BCUT2D eigenvalue weighted by atomic mass is 16.5. The van der Waals surface area contributed by atoms with Gasteiger partial charge in [0.05, 0.1) is 26.1 Å². The molecule has 1 aliphatic heterocycles. The Hall–Kier alpha value is -2.75. The first kappa shape index (κ1) is 17.7. The maximum atomic E-state index is 10.2. The molecule has 0 bridgehead atoms. The lowest BCUT2D eigenvalue weighted by Crippen LogP contribution is -2.19. The van der Waals surface area contributed by atoms with Crippen LogP contribution in [0.3, 0.4) is 0 Å². The summed E-state index contributed by atoms with van der Waals surface area (Å²) in [5.74, 6) is 1.38. The van der Waals surface area contributed by atoms with E-state index in [1.807, 2.05) is 24.3 Å². The quantitative estimate of drug-likeness (QED) is 0.590. The topological polar surface area (TPSA) is 115 Å². The monoisotopic (exact) mass is 371 g/mol. The van der Waals surface area contributed by atoms with Crippen LogP contribution < -0.4 is 10.1 Å². The molecule has 3 heterocycles. The number of fused-ring (bicyclic) bond motifs is 1. The molecule has 9 heteroatoms. The van der Waals surface area contributed by atoms with Crippen LogP contribution in [0.5, 0.6) is 5.75 Å². The summed E-state index contributed by atoms with van der Waals surface area (Å²) in [7, 11) is 1.63. The number of hydrogen-bond donors (Lipinski definition) is 3. The zero-order valence-electron chi connectivity index (χ0n) is 14.8. The highest BCUT2D eigenvalue weighted by molar-refractivity contribution is 5.82. The van der Waals surface area contributed by atoms with Crippen LogP contribution in [-0.4, -0.2) is 55.7 Å². The molecule has 1 aliphatic rings. The highest BCUT2D eigenvalue weighted by Gasteiger charge is 2.35. The van der Waals surface area contributed by atoms with Gasteiger partial charge in [0.2, 0.25) is 0 Å². The number of ether oxygens (including phenoxy) is 2. The normalized spacial score (nSPS) is 22.3. The van der Waals surface area contributed by atoms with Gasteiger partial charge >= 0.3 is 0 Å². The molecule has 3 aromatic rings. The molecule has 2 aromatic heterocycles. The van der Waals surface area contributed by atoms with E-state index in [9.17, 15) is 10.2 Å². The highest BCUT2D eigenvalue weighted by Crippen LogP contribution is 2.31. The van der Waals surface area contributed by atoms with Crippen LogP contribution in [0, 0.1) is 0 Å². The predicted molar refractivity (Wildman–Crippen MR) is 97.3 cm³/mol. The van der Waals surface area contributed by atoms with Gasteiger partial charge in [-0.05, 0) is 17.7 Å². The Morgan fingerprint density at radius 3 is 3.00 bits per heavy atom. The van der Waals surface area contributed by atoms with Gasteiger partial charge in [0.15, 0.2) is 23.2 Å². The van der Waals surface area contributed by atoms with E-state index < -0.39 is 18.4 Å². The maximum Gasteiger partial charge on any atom is 0.167 e. The summed E-state index contributed by atoms with van der Waals surface area (Å²) in [4.78, 5) is 13.0. The van der Waals surface area contributed by atoms with Gasteiger partial charge < -0.3 is 25.0 Å². The lowest BCUT2D eigenvalue weighted by atomic mass is 10.2. The number of rotatable bonds is 6. The average molecular weight is 371 g/mol. The van der Waals surface area contributed by atoms with E-state index in [0.717, 1.165) is 11.3 Å². The third-order valence-corrected chi connectivity index (χ3v) is 4.60. The molecule has 3 N–H and O–H groups in total. The van der Waals surface area contributed by atoms with Crippen molar-refractivity contribution in [1.82, 2.24) is 19.5 Å². The van der Waals surface area contributed by atoms with E-state index in [1.54, 1.807) is 18.0 Å². The Balaban J connectivity index is 1.57. The standard InChI is InChI=1S/C18H21N5O4/c1-26-12-4-2-3-11(5-12)7-19-16-15-17(21-9-20-16)23(10-22-15)18-14(25)6-13(8-24)27-18/h2-5,9-10,13-14,18,24-25H,6-8H2,1H3,(H,19,20,21)/t13-,14+,18+/m0/s1. The number of aliphatic hydroxyl groups excluding tert-OH is 2. The average Bonchev–Trinajstić information content (AvgIpc) is 3.29. The number of nitrogens with zero attached hydrogens (tertiary/aromatic N) is 4. The van der Waals surface area contributed by atoms with Gasteiger partial charge in [-0.15, -0.1) is 0 Å². The first-order valence-electron chi connectivity index (χ1n) is 8.68. The second-order valence-electron chi connectivity index (χ2n) is 6.39. The van der Waals surface area contributed by atoms with Crippen LogP contribution in [-0.2, 0) is 11.3 Å². The van der Waals surface area contributed by atoms with Crippen molar-refractivity contribution in [3.63, 3.8) is 0 Å². The second-order valence-corrected chi connectivity index (χ2v) is 6.39. The molecule has 0 amide bonds. The summed E-state index contributed by atoms with van der Waals surface area (Å²) in [5, 5.41) is 22.8. The number of methoxy groups -OCH3 is 1. The van der Waals surface area contributed by atoms with E-state index in [2.05, 4.69) is 20.3 Å². The summed E-state index contributed by atoms with van der Waals surface area (Å²) in [6, 6.07) is 7.75. The fourth-order valence-electron chi connectivity index (χ4n) is 3.23. The molecule has 1 aromatic carbocycles. The molecule has 9 nitrogen and oxygen atoms in total. The molecule has 27 heavy (non-hydrogen) atoms. The van der Waals surface area contributed by atoms with E-state index in [-0.39, 0.29) is 6.61 Å². The smallest absolute Gasteiger partial charge is 0.167 e. The van der Waals surface area contributed by atoms with Crippen LogP contribution in [0.15, 0.2) is 36.9 Å². The van der Waals surface area contributed by atoms with Crippen molar-refractivity contribution in [3.05, 3.63) is 42.5 Å². The molecule has 0 aliphatic carbocycles. The van der Waals surface area contributed by atoms with Crippen molar-refractivity contribution >= 4 is 17.0 Å². The first-order chi connectivity index (χ1) is 13.2. The molecular formula is C18H21N5O4. The molecule has 4 rings (SSSR count). The number of benzene rings is 1. The van der Waals surface area contributed by atoms with Crippen LogP contribution >= 0.6 is 0 Å². The lowest BCUT2D eigenvalue weighted by molar-refractivity contribution is -0.0486. The molecule has 3 atom stereocenters. The fourth-order valence-corrected chi connectivity index (χ4v) is 3.23. The Bertz CT molecular complexity index is 931. The second kappa shape index (κ2) is 7.47. The first-order valence-corrected chi connectivity index (χ1v) is 8.68. The minimum Gasteiger partial charge on any atom is -0.497 e. The molecule has 142 valence electrons. The minimum atomic E-state index is -0.734. The molecule has 0 radical (unpaired) electrons. The van der Waals surface area contributed by atoms with Crippen LogP contribution in [0.2, 0.25) is 0 Å². The molecule has 1 saturated heterocycles. The Morgan fingerprint density at radius 2 is 2.22 bits per heavy atom. The number of imidazole rings is 1. The SMILES string of the molecule is COc1cccc(CNc2ncnc3c2ncn3[C@@H]2O[C@H](CO)C[C@H]2O)c1. The van der Waals surface area contributed by atoms with E-state index in [4.69, 9.17) is 9.47 Å². The predicted octanol–water partition coefficient (Wildman–Crippen LogP) is 1.09. The largest absolute Gasteiger partial charge is 0.497 e. The third kappa shape index (κ3) is 3.44. The van der Waals surface area contributed by atoms with Crippen molar-refractivity contribution in [2.24, 2.45) is 0 Å². The zero-order chi connectivity index (χ0) is 18.8. The zero-order valence-corrected chi connectivity index (χ0v) is 14.8. The van der Waals surface area contributed by atoms with E-state index in [1.165, 1.54) is 6.33 Å². The number of aliphatic hydroxyl groups is 2. The summed E-state index contributed by atoms with van der Waals surface area (Å²) in [5.41, 5.74) is 2.19. The molecule has 0 spiro atoms. The van der Waals surface area contributed by atoms with Gasteiger partial charge in [-0.1, -0.05) is 12.1 Å². The molecule has 0 unspecified atom stereocenters. The summed E-state index contributed by atoms with van der Waals surface area (Å²) >= 11 is 0. The Morgan fingerprint density at radius 1 is 1.33 bits per heavy atom. The van der Waals surface area contributed by atoms with Gasteiger partial charge in [0, 0.05) is 13.0 Å². The maximum absolute atomic E-state index is 10.2. The molecule has 1 fully saturated rings. The van der Waals surface area contributed by atoms with Gasteiger partial charge in [-0.25, -0.2) is 15.0 Å². The summed E-state index contributed by atoms with van der Waals surface area (Å²) < 4.78 is 12.6. The summed E-state index contributed by atoms with van der Waals surface area (Å²) in [6.45, 7) is 0.411. The van der Waals surface area contributed by atoms with Gasteiger partial charge in [0.1, 0.15) is 18.2 Å². The molecule has 0 saturated carbocycles. The van der Waals surface area contributed by atoms with Crippen molar-refractivity contribution < 1.29 is 19.7 Å². The van der Waals surface area contributed by atoms with Crippen LogP contribution in [0.4, 0.5) is 5.82 Å². The lowest BCUT2D eigenvalue weighted by Gasteiger charge is -2.16. The Labute approximate surface area is 155 Å². The number of nitrogens with one attached hydrogen (secondary N) is 1. The van der Waals surface area contributed by atoms with Crippen molar-refractivity contribution in [3.8, 4) is 5.75 Å².